The van der Waals surface area contributed by atoms with Crippen molar-refractivity contribution in [1.29, 1.82) is 0 Å². The highest BCUT2D eigenvalue weighted by Crippen LogP contribution is 2.42. The predicted molar refractivity (Wildman–Crippen MR) is 96.0 cm³/mol. The standard InChI is InChI=1S/C18H21ClN4O2/c1-25-15-5-4-11(8-12(15)19)22-17(24)14-9-13-16(21-10-20-13)18(23-14)6-2-3-7-18/h4-5,8,10,14,23H,2-3,6-7,9H2,1H3,(H,20,21)(H,22,24)/t14-/m0/s1. The minimum absolute atomic E-state index is 0.0623. The molecule has 3 N–H and O–H groups in total. The summed E-state index contributed by atoms with van der Waals surface area (Å²) in [7, 11) is 1.56. The molecule has 0 saturated heterocycles. The molecule has 1 amide bonds. The van der Waals surface area contributed by atoms with E-state index in [-0.39, 0.29) is 17.5 Å². The van der Waals surface area contributed by atoms with Crippen LogP contribution in [0.3, 0.4) is 0 Å². The molecule has 7 heteroatoms. The lowest BCUT2D eigenvalue weighted by atomic mass is 9.84. The highest BCUT2D eigenvalue weighted by atomic mass is 35.5. The number of nitrogens with one attached hydrogen (secondary N) is 3. The lowest BCUT2D eigenvalue weighted by molar-refractivity contribution is -0.119. The van der Waals surface area contributed by atoms with Crippen LogP contribution >= 0.6 is 11.6 Å². The van der Waals surface area contributed by atoms with Crippen molar-refractivity contribution in [1.82, 2.24) is 15.3 Å². The van der Waals surface area contributed by atoms with E-state index in [0.717, 1.165) is 37.1 Å². The van der Waals surface area contributed by atoms with Crippen molar-refractivity contribution >= 4 is 23.2 Å². The molecule has 1 aliphatic heterocycles. The number of hydrogen-bond acceptors (Lipinski definition) is 4. The summed E-state index contributed by atoms with van der Waals surface area (Å²) >= 11 is 6.14. The Kier molecular flexibility index (Phi) is 4.17. The number of nitrogens with zero attached hydrogens (tertiary/aromatic N) is 1. The van der Waals surface area contributed by atoms with Crippen molar-refractivity contribution < 1.29 is 9.53 Å². The maximum atomic E-state index is 12.8. The molecule has 1 aromatic heterocycles. The van der Waals surface area contributed by atoms with Crippen molar-refractivity contribution in [2.45, 2.75) is 43.7 Å². The molecule has 1 spiro atoms. The van der Waals surface area contributed by atoms with Crippen LogP contribution in [-0.2, 0) is 16.8 Å². The highest BCUT2D eigenvalue weighted by molar-refractivity contribution is 6.32. The van der Waals surface area contributed by atoms with Crippen molar-refractivity contribution in [2.24, 2.45) is 0 Å². The Hall–Kier alpha value is -2.05. The van der Waals surface area contributed by atoms with Crippen LogP contribution in [-0.4, -0.2) is 29.0 Å². The Balaban J connectivity index is 1.54. The quantitative estimate of drug-likeness (QED) is 0.786. The third kappa shape index (κ3) is 2.89. The summed E-state index contributed by atoms with van der Waals surface area (Å²) < 4.78 is 5.15. The van der Waals surface area contributed by atoms with E-state index in [2.05, 4.69) is 20.6 Å². The van der Waals surface area contributed by atoms with Gasteiger partial charge in [-0.3, -0.25) is 10.1 Å². The van der Waals surface area contributed by atoms with Crippen molar-refractivity contribution in [3.05, 3.63) is 40.9 Å². The van der Waals surface area contributed by atoms with Crippen LogP contribution in [0.5, 0.6) is 5.75 Å². The molecule has 0 radical (unpaired) electrons. The fourth-order valence-corrected chi connectivity index (χ4v) is 4.30. The van der Waals surface area contributed by atoms with Crippen molar-refractivity contribution in [3.8, 4) is 5.75 Å². The molecule has 0 unspecified atom stereocenters. The Morgan fingerprint density at radius 1 is 1.40 bits per heavy atom. The smallest absolute Gasteiger partial charge is 0.241 e. The van der Waals surface area contributed by atoms with Gasteiger partial charge < -0.3 is 15.0 Å². The number of carbonyl (C=O) groups is 1. The monoisotopic (exact) mass is 360 g/mol. The van der Waals surface area contributed by atoms with Gasteiger partial charge in [0.2, 0.25) is 5.91 Å². The van der Waals surface area contributed by atoms with Gasteiger partial charge in [0.1, 0.15) is 5.75 Å². The Bertz CT molecular complexity index is 798. The second-order valence-electron chi connectivity index (χ2n) is 6.76. The fourth-order valence-electron chi connectivity index (χ4n) is 4.04. The zero-order valence-corrected chi connectivity index (χ0v) is 14.8. The lowest BCUT2D eigenvalue weighted by Gasteiger charge is -2.38. The molecule has 1 saturated carbocycles. The van der Waals surface area contributed by atoms with Crippen LogP contribution in [0.2, 0.25) is 5.02 Å². The van der Waals surface area contributed by atoms with E-state index < -0.39 is 0 Å². The SMILES string of the molecule is COc1ccc(NC(=O)[C@@H]2Cc3[nH]cnc3C3(CCCC3)N2)cc1Cl. The molecule has 1 atom stereocenters. The van der Waals surface area contributed by atoms with Gasteiger partial charge in [-0.05, 0) is 31.0 Å². The zero-order valence-electron chi connectivity index (χ0n) is 14.1. The number of halogens is 1. The number of benzene rings is 1. The molecule has 6 nitrogen and oxygen atoms in total. The summed E-state index contributed by atoms with van der Waals surface area (Å²) in [5.41, 5.74) is 2.64. The molecule has 2 aliphatic rings. The number of aromatic amines is 1. The summed E-state index contributed by atoms with van der Waals surface area (Å²) in [6.07, 6.45) is 6.68. The third-order valence-corrected chi connectivity index (χ3v) is 5.52. The molecule has 1 fully saturated rings. The number of H-pyrrole nitrogens is 1. The van der Waals surface area contributed by atoms with Gasteiger partial charge in [-0.15, -0.1) is 0 Å². The zero-order chi connectivity index (χ0) is 17.4. The summed E-state index contributed by atoms with van der Waals surface area (Å²) in [6.45, 7) is 0. The predicted octanol–water partition coefficient (Wildman–Crippen LogP) is 2.99. The fraction of sp³-hybridized carbons (Fsp3) is 0.444. The number of carbonyl (C=O) groups excluding carboxylic acids is 1. The lowest BCUT2D eigenvalue weighted by Crippen LogP contribution is -2.56. The summed E-state index contributed by atoms with van der Waals surface area (Å²) in [6, 6.07) is 4.94. The minimum atomic E-state index is -0.299. The van der Waals surface area contributed by atoms with E-state index in [9.17, 15) is 4.79 Å². The Morgan fingerprint density at radius 2 is 2.20 bits per heavy atom. The molecule has 4 rings (SSSR count). The number of anilines is 1. The number of fused-ring (bicyclic) bond motifs is 2. The Labute approximate surface area is 151 Å². The number of imidazole rings is 1. The average Bonchev–Trinajstić information content (AvgIpc) is 3.25. The molecule has 1 aliphatic carbocycles. The van der Waals surface area contributed by atoms with Gasteiger partial charge in [0.25, 0.3) is 0 Å². The summed E-state index contributed by atoms with van der Waals surface area (Å²) in [5, 5.41) is 7.01. The van der Waals surface area contributed by atoms with Gasteiger partial charge in [0.15, 0.2) is 0 Å². The largest absolute Gasteiger partial charge is 0.495 e. The molecule has 1 aromatic carbocycles. The van der Waals surface area contributed by atoms with Gasteiger partial charge >= 0.3 is 0 Å². The number of aromatic nitrogens is 2. The van der Waals surface area contributed by atoms with Crippen molar-refractivity contribution in [3.63, 3.8) is 0 Å². The maximum Gasteiger partial charge on any atom is 0.241 e. The molecular formula is C18H21ClN4O2. The van der Waals surface area contributed by atoms with Crippen LogP contribution in [0, 0.1) is 0 Å². The molecule has 0 bridgehead atoms. The van der Waals surface area contributed by atoms with E-state index in [0.29, 0.717) is 22.9 Å². The van der Waals surface area contributed by atoms with Gasteiger partial charge in [-0.25, -0.2) is 4.98 Å². The number of rotatable bonds is 3. The van der Waals surface area contributed by atoms with Gasteiger partial charge in [0, 0.05) is 17.8 Å². The van der Waals surface area contributed by atoms with E-state index in [1.807, 2.05) is 0 Å². The molecule has 132 valence electrons. The third-order valence-electron chi connectivity index (χ3n) is 5.22. The van der Waals surface area contributed by atoms with Crippen molar-refractivity contribution in [2.75, 3.05) is 12.4 Å². The first-order valence-corrected chi connectivity index (χ1v) is 8.94. The number of hydrogen-bond donors (Lipinski definition) is 3. The Morgan fingerprint density at radius 3 is 2.92 bits per heavy atom. The van der Waals surface area contributed by atoms with Crippen LogP contribution in [0.15, 0.2) is 24.5 Å². The van der Waals surface area contributed by atoms with E-state index in [1.54, 1.807) is 31.6 Å². The first-order valence-electron chi connectivity index (χ1n) is 8.56. The van der Waals surface area contributed by atoms with E-state index in [4.69, 9.17) is 16.3 Å². The van der Waals surface area contributed by atoms with Gasteiger partial charge in [-0.2, -0.15) is 0 Å². The molecule has 25 heavy (non-hydrogen) atoms. The average molecular weight is 361 g/mol. The van der Waals surface area contributed by atoms with Gasteiger partial charge in [0.05, 0.1) is 35.7 Å². The number of ether oxygens (including phenoxy) is 1. The van der Waals surface area contributed by atoms with Crippen LogP contribution in [0.4, 0.5) is 5.69 Å². The second kappa shape index (κ2) is 6.35. The van der Waals surface area contributed by atoms with Crippen LogP contribution < -0.4 is 15.4 Å². The molecule has 2 heterocycles. The van der Waals surface area contributed by atoms with Crippen LogP contribution in [0.1, 0.15) is 37.1 Å². The second-order valence-corrected chi connectivity index (χ2v) is 7.17. The van der Waals surface area contributed by atoms with E-state index >= 15 is 0 Å². The van der Waals surface area contributed by atoms with Crippen LogP contribution in [0.25, 0.3) is 0 Å². The highest BCUT2D eigenvalue weighted by Gasteiger charge is 2.45. The normalized spacial score (nSPS) is 21.1. The van der Waals surface area contributed by atoms with Gasteiger partial charge in [-0.1, -0.05) is 24.4 Å². The number of methoxy groups -OCH3 is 1. The summed E-state index contributed by atoms with van der Waals surface area (Å²) in [5.74, 6) is 0.523. The first-order chi connectivity index (χ1) is 12.1. The molecule has 2 aromatic rings. The number of amides is 1. The topological polar surface area (TPSA) is 79.0 Å². The maximum absolute atomic E-state index is 12.8. The minimum Gasteiger partial charge on any atom is -0.495 e. The summed E-state index contributed by atoms with van der Waals surface area (Å²) in [4.78, 5) is 20.6. The van der Waals surface area contributed by atoms with E-state index in [1.165, 1.54) is 0 Å². The molecular weight excluding hydrogens is 340 g/mol. The first kappa shape index (κ1) is 16.4.